The lowest BCUT2D eigenvalue weighted by Crippen LogP contribution is -2.56. The van der Waals surface area contributed by atoms with Gasteiger partial charge in [0.1, 0.15) is 5.60 Å². The molecule has 5 fully saturated rings. The number of hydrogen-bond donors (Lipinski definition) is 1. The number of rotatable bonds is 0. The van der Waals surface area contributed by atoms with Gasteiger partial charge in [-0.2, -0.15) is 0 Å². The van der Waals surface area contributed by atoms with Gasteiger partial charge in [0.05, 0.1) is 6.10 Å². The number of ether oxygens (including phenoxy) is 1. The lowest BCUT2D eigenvalue weighted by molar-refractivity contribution is -0.175. The van der Waals surface area contributed by atoms with E-state index >= 15 is 0 Å². The standard InChI is InChI=1S/C23H32O3/c1-21-8-5-14(24)11-13(21)3-4-15-17(21)6-9-22(2)20(15)16-12-18(16)23(22)10-7-19(25)26-23/h3,14-18,20,24H,4-12H2,1-2H3/t14?,15?,16?,17?,18?,20?,21?,22-,23-/m0/s1. The maximum absolute atomic E-state index is 12.1. The smallest absolute Gasteiger partial charge is 0.306 e. The Labute approximate surface area is 156 Å². The summed E-state index contributed by atoms with van der Waals surface area (Å²) < 4.78 is 6.17. The predicted molar refractivity (Wildman–Crippen MR) is 98.1 cm³/mol. The zero-order valence-corrected chi connectivity index (χ0v) is 16.2. The highest BCUT2D eigenvalue weighted by Crippen LogP contribution is 2.79. The van der Waals surface area contributed by atoms with Gasteiger partial charge in [0.2, 0.25) is 0 Å². The molecule has 0 aromatic carbocycles. The minimum absolute atomic E-state index is 0.0544. The fourth-order valence-corrected chi connectivity index (χ4v) is 9.01. The molecule has 1 saturated heterocycles. The average Bonchev–Trinajstić information content (AvgIpc) is 3.24. The molecule has 0 amide bonds. The first-order valence-corrected chi connectivity index (χ1v) is 11.0. The second-order valence-electron chi connectivity index (χ2n) is 10.9. The molecule has 0 bridgehead atoms. The molecule has 0 aromatic heterocycles. The summed E-state index contributed by atoms with van der Waals surface area (Å²) in [5.74, 6) is 3.76. The summed E-state index contributed by atoms with van der Waals surface area (Å²) >= 11 is 0. The normalized spacial score (nSPS) is 59.8. The van der Waals surface area contributed by atoms with Crippen LogP contribution < -0.4 is 0 Å². The second kappa shape index (κ2) is 4.77. The van der Waals surface area contributed by atoms with Crippen LogP contribution in [0.1, 0.15) is 71.6 Å². The summed E-state index contributed by atoms with van der Waals surface area (Å²) in [4.78, 5) is 12.1. The van der Waals surface area contributed by atoms with Gasteiger partial charge in [-0.05, 0) is 80.5 Å². The van der Waals surface area contributed by atoms with Crippen LogP contribution in [0.3, 0.4) is 0 Å². The van der Waals surface area contributed by atoms with Crippen molar-refractivity contribution in [1.29, 1.82) is 0 Å². The SMILES string of the molecule is CC12CCC(O)CC1=CCC1C2CC[C@@]2(C)C1C1CC1[C@@]21CCC(=O)O1. The van der Waals surface area contributed by atoms with Gasteiger partial charge >= 0.3 is 5.97 Å². The highest BCUT2D eigenvalue weighted by Gasteiger charge is 2.78. The number of aliphatic hydroxyl groups is 1. The van der Waals surface area contributed by atoms with Gasteiger partial charge in [0.15, 0.2) is 0 Å². The molecule has 6 rings (SSSR count). The maximum atomic E-state index is 12.1. The number of esters is 1. The molecule has 3 heteroatoms. The molecule has 0 aromatic rings. The van der Waals surface area contributed by atoms with Crippen LogP contribution in [0.25, 0.3) is 0 Å². The Morgan fingerprint density at radius 1 is 1.12 bits per heavy atom. The number of aliphatic hydroxyl groups excluding tert-OH is 1. The van der Waals surface area contributed by atoms with Gasteiger partial charge in [0, 0.05) is 17.8 Å². The largest absolute Gasteiger partial charge is 0.458 e. The van der Waals surface area contributed by atoms with Crippen molar-refractivity contribution >= 4 is 5.97 Å². The van der Waals surface area contributed by atoms with Gasteiger partial charge in [-0.3, -0.25) is 4.79 Å². The van der Waals surface area contributed by atoms with Crippen LogP contribution in [0.5, 0.6) is 0 Å². The van der Waals surface area contributed by atoms with Gasteiger partial charge in [0.25, 0.3) is 0 Å². The lowest BCUT2D eigenvalue weighted by Gasteiger charge is -2.60. The minimum atomic E-state index is -0.127. The number of allylic oxidation sites excluding steroid dienone is 1. The van der Waals surface area contributed by atoms with Crippen molar-refractivity contribution in [1.82, 2.24) is 0 Å². The summed E-state index contributed by atoms with van der Waals surface area (Å²) in [6.45, 7) is 4.97. The number of hydrogen-bond acceptors (Lipinski definition) is 3. The molecular formula is C23H32O3. The van der Waals surface area contributed by atoms with Crippen LogP contribution in [0.4, 0.5) is 0 Å². The van der Waals surface area contributed by atoms with Gasteiger partial charge in [-0.25, -0.2) is 0 Å². The summed E-state index contributed by atoms with van der Waals surface area (Å²) in [7, 11) is 0. The van der Waals surface area contributed by atoms with Crippen LogP contribution >= 0.6 is 0 Å². The number of fused-ring (bicyclic) bond motifs is 9. The first-order chi connectivity index (χ1) is 12.4. The van der Waals surface area contributed by atoms with Crippen LogP contribution in [-0.2, 0) is 9.53 Å². The predicted octanol–water partition coefficient (Wildman–Crippen LogP) is 4.24. The maximum Gasteiger partial charge on any atom is 0.306 e. The molecule has 1 spiro atoms. The molecule has 3 nitrogen and oxygen atoms in total. The van der Waals surface area contributed by atoms with E-state index in [1.165, 1.54) is 25.7 Å². The van der Waals surface area contributed by atoms with Crippen LogP contribution in [0.15, 0.2) is 11.6 Å². The molecule has 7 unspecified atom stereocenters. The molecule has 1 N–H and O–H groups in total. The number of carbonyl (C=O) groups excluding carboxylic acids is 1. The quantitative estimate of drug-likeness (QED) is 0.521. The molecule has 1 heterocycles. The Bertz CT molecular complexity index is 712. The molecule has 4 saturated carbocycles. The van der Waals surface area contributed by atoms with Crippen molar-refractivity contribution in [2.24, 2.45) is 40.4 Å². The van der Waals surface area contributed by atoms with E-state index in [9.17, 15) is 9.90 Å². The Morgan fingerprint density at radius 3 is 2.73 bits per heavy atom. The first-order valence-electron chi connectivity index (χ1n) is 11.0. The van der Waals surface area contributed by atoms with Crippen molar-refractivity contribution in [3.05, 3.63) is 11.6 Å². The number of carbonyl (C=O) groups is 1. The fraction of sp³-hybridized carbons (Fsp3) is 0.870. The van der Waals surface area contributed by atoms with Crippen LogP contribution in [0, 0.1) is 40.4 Å². The molecule has 5 aliphatic carbocycles. The third-order valence-electron chi connectivity index (χ3n) is 10.2. The van der Waals surface area contributed by atoms with Gasteiger partial charge < -0.3 is 9.84 Å². The zero-order chi connectivity index (χ0) is 17.9. The molecule has 6 aliphatic rings. The minimum Gasteiger partial charge on any atom is -0.458 e. The highest BCUT2D eigenvalue weighted by atomic mass is 16.6. The zero-order valence-electron chi connectivity index (χ0n) is 16.2. The van der Waals surface area contributed by atoms with Crippen molar-refractivity contribution in [3.8, 4) is 0 Å². The van der Waals surface area contributed by atoms with Crippen LogP contribution in [0.2, 0.25) is 0 Å². The Kier molecular flexibility index (Phi) is 2.96. The fourth-order valence-electron chi connectivity index (χ4n) is 9.01. The monoisotopic (exact) mass is 356 g/mol. The van der Waals surface area contributed by atoms with E-state index in [1.807, 2.05) is 0 Å². The third kappa shape index (κ3) is 1.69. The lowest BCUT2D eigenvalue weighted by atomic mass is 9.46. The van der Waals surface area contributed by atoms with E-state index in [0.717, 1.165) is 49.4 Å². The first kappa shape index (κ1) is 16.2. The summed E-state index contributed by atoms with van der Waals surface area (Å²) in [5, 5.41) is 10.2. The van der Waals surface area contributed by atoms with Crippen molar-refractivity contribution < 1.29 is 14.6 Å². The summed E-state index contributed by atoms with van der Waals surface area (Å²) in [5.41, 5.74) is 1.92. The van der Waals surface area contributed by atoms with E-state index in [0.29, 0.717) is 17.8 Å². The van der Waals surface area contributed by atoms with Crippen molar-refractivity contribution in [2.45, 2.75) is 83.3 Å². The highest BCUT2D eigenvalue weighted by molar-refractivity contribution is 5.73. The van der Waals surface area contributed by atoms with E-state index in [-0.39, 0.29) is 23.1 Å². The van der Waals surface area contributed by atoms with E-state index in [2.05, 4.69) is 19.9 Å². The summed E-state index contributed by atoms with van der Waals surface area (Å²) in [6.07, 6.45) is 12.0. The van der Waals surface area contributed by atoms with E-state index in [1.54, 1.807) is 5.57 Å². The van der Waals surface area contributed by atoms with Crippen molar-refractivity contribution in [3.63, 3.8) is 0 Å². The van der Waals surface area contributed by atoms with Gasteiger partial charge in [-0.1, -0.05) is 25.5 Å². The van der Waals surface area contributed by atoms with Crippen molar-refractivity contribution in [2.75, 3.05) is 0 Å². The molecular weight excluding hydrogens is 324 g/mol. The molecule has 1 aliphatic heterocycles. The molecule has 142 valence electrons. The third-order valence-corrected chi connectivity index (χ3v) is 10.2. The topological polar surface area (TPSA) is 46.5 Å². The molecule has 0 radical (unpaired) electrons. The Hall–Kier alpha value is -0.830. The molecule has 9 atom stereocenters. The molecule has 26 heavy (non-hydrogen) atoms. The van der Waals surface area contributed by atoms with E-state index < -0.39 is 0 Å². The van der Waals surface area contributed by atoms with Crippen LogP contribution in [-0.4, -0.2) is 22.8 Å². The Balaban J connectivity index is 1.39. The van der Waals surface area contributed by atoms with E-state index in [4.69, 9.17) is 4.74 Å². The average molecular weight is 357 g/mol. The Morgan fingerprint density at radius 2 is 1.96 bits per heavy atom. The second-order valence-corrected chi connectivity index (χ2v) is 10.9. The summed E-state index contributed by atoms with van der Waals surface area (Å²) in [6, 6.07) is 0. The van der Waals surface area contributed by atoms with Gasteiger partial charge in [-0.15, -0.1) is 0 Å².